The van der Waals surface area contributed by atoms with Gasteiger partial charge in [0.25, 0.3) is 5.91 Å². The van der Waals surface area contributed by atoms with Gasteiger partial charge in [-0.3, -0.25) is 4.79 Å². The highest BCUT2D eigenvalue weighted by Crippen LogP contribution is 2.25. The predicted octanol–water partition coefficient (Wildman–Crippen LogP) is 1.17. The van der Waals surface area contributed by atoms with Crippen LogP contribution in [0.5, 0.6) is 0 Å². The van der Waals surface area contributed by atoms with Crippen LogP contribution in [0.1, 0.15) is 22.5 Å². The molecule has 1 fully saturated rings. The summed E-state index contributed by atoms with van der Waals surface area (Å²) >= 11 is 0. The summed E-state index contributed by atoms with van der Waals surface area (Å²) in [4.78, 5) is 12.2. The third-order valence-corrected chi connectivity index (χ3v) is 8.23. The van der Waals surface area contributed by atoms with Crippen molar-refractivity contribution < 1.29 is 26.0 Å². The molecule has 0 bridgehead atoms. The van der Waals surface area contributed by atoms with Gasteiger partial charge in [-0.1, -0.05) is 6.07 Å². The highest BCUT2D eigenvalue weighted by atomic mass is 32.2. The standard InChI is InChI=1S/C16H17NO6S2/c18-16(17-10-13-4-2-7-23-13)12-3-1-5-14(9-12)25(21,22)15-6-8-24(19,20)11-15/h1-5,7,9,15H,6,8,10-11H2,(H,17,18). The maximum Gasteiger partial charge on any atom is 0.251 e. The number of furan rings is 1. The van der Waals surface area contributed by atoms with Crippen molar-refractivity contribution in [2.24, 2.45) is 0 Å². The molecule has 1 aliphatic rings. The van der Waals surface area contributed by atoms with Gasteiger partial charge in [-0.2, -0.15) is 0 Å². The Hall–Kier alpha value is -2.13. The maximum atomic E-state index is 12.6. The number of benzene rings is 1. The molecule has 7 nitrogen and oxygen atoms in total. The summed E-state index contributed by atoms with van der Waals surface area (Å²) in [5.41, 5.74) is 0.188. The molecular formula is C16H17NO6S2. The van der Waals surface area contributed by atoms with E-state index in [1.807, 2.05) is 0 Å². The number of sulfone groups is 2. The van der Waals surface area contributed by atoms with Crippen LogP contribution in [0.3, 0.4) is 0 Å². The van der Waals surface area contributed by atoms with Crippen LogP contribution >= 0.6 is 0 Å². The van der Waals surface area contributed by atoms with Gasteiger partial charge < -0.3 is 9.73 Å². The minimum atomic E-state index is -3.80. The molecule has 1 N–H and O–H groups in total. The van der Waals surface area contributed by atoms with Crippen molar-refractivity contribution in [3.8, 4) is 0 Å². The summed E-state index contributed by atoms with van der Waals surface area (Å²) in [6.45, 7) is 0.184. The monoisotopic (exact) mass is 383 g/mol. The van der Waals surface area contributed by atoms with Crippen molar-refractivity contribution in [3.05, 3.63) is 54.0 Å². The topological polar surface area (TPSA) is 111 Å². The second-order valence-electron chi connectivity index (χ2n) is 5.86. The summed E-state index contributed by atoms with van der Waals surface area (Å²) in [5, 5.41) is 1.68. The van der Waals surface area contributed by atoms with E-state index in [2.05, 4.69) is 5.32 Å². The summed E-state index contributed by atoms with van der Waals surface area (Å²) in [6.07, 6.45) is 1.57. The van der Waals surface area contributed by atoms with Crippen LogP contribution in [0.15, 0.2) is 52.0 Å². The van der Waals surface area contributed by atoms with Crippen molar-refractivity contribution in [1.29, 1.82) is 0 Å². The maximum absolute atomic E-state index is 12.6. The zero-order valence-corrected chi connectivity index (χ0v) is 14.8. The summed E-state index contributed by atoms with van der Waals surface area (Å²) in [6, 6.07) is 9.04. The lowest BCUT2D eigenvalue weighted by molar-refractivity contribution is 0.0948. The van der Waals surface area contributed by atoms with E-state index in [0.29, 0.717) is 5.76 Å². The van der Waals surface area contributed by atoms with Crippen LogP contribution in [-0.4, -0.2) is 39.5 Å². The second kappa shape index (κ2) is 6.64. The number of hydrogen-bond acceptors (Lipinski definition) is 6. The van der Waals surface area contributed by atoms with Gasteiger partial charge >= 0.3 is 0 Å². The largest absolute Gasteiger partial charge is 0.467 e. The highest BCUT2D eigenvalue weighted by molar-refractivity contribution is 7.96. The minimum absolute atomic E-state index is 0.0414. The van der Waals surface area contributed by atoms with E-state index in [0.717, 1.165) is 0 Å². The number of amides is 1. The number of carbonyl (C=O) groups excluding carboxylic acids is 1. The predicted molar refractivity (Wildman–Crippen MR) is 90.6 cm³/mol. The number of nitrogens with one attached hydrogen (secondary N) is 1. The molecule has 2 heterocycles. The molecular weight excluding hydrogens is 366 g/mol. The van der Waals surface area contributed by atoms with Gasteiger partial charge in [0.15, 0.2) is 19.7 Å². The SMILES string of the molecule is O=C(NCc1ccco1)c1cccc(S(=O)(=O)C2CCS(=O)(=O)C2)c1. The Morgan fingerprint density at radius 3 is 2.68 bits per heavy atom. The Balaban J connectivity index is 1.77. The van der Waals surface area contributed by atoms with E-state index in [-0.39, 0.29) is 34.9 Å². The van der Waals surface area contributed by atoms with Gasteiger partial charge in [-0.25, -0.2) is 16.8 Å². The summed E-state index contributed by atoms with van der Waals surface area (Å²) in [7, 11) is -7.12. The molecule has 1 aromatic heterocycles. The van der Waals surface area contributed by atoms with E-state index < -0.39 is 30.8 Å². The van der Waals surface area contributed by atoms with Gasteiger partial charge in [0, 0.05) is 5.56 Å². The van der Waals surface area contributed by atoms with Crippen molar-refractivity contribution in [3.63, 3.8) is 0 Å². The van der Waals surface area contributed by atoms with Gasteiger partial charge in [0.05, 0.1) is 34.5 Å². The van der Waals surface area contributed by atoms with Crippen LogP contribution in [0.2, 0.25) is 0 Å². The molecule has 0 aliphatic carbocycles. The Bertz CT molecular complexity index is 977. The molecule has 0 spiro atoms. The lowest BCUT2D eigenvalue weighted by atomic mass is 10.2. The average molecular weight is 383 g/mol. The minimum Gasteiger partial charge on any atom is -0.467 e. The van der Waals surface area contributed by atoms with Gasteiger partial charge in [0.2, 0.25) is 0 Å². The third-order valence-electron chi connectivity index (χ3n) is 4.06. The molecule has 0 saturated carbocycles. The number of carbonyl (C=O) groups is 1. The first-order valence-electron chi connectivity index (χ1n) is 7.63. The number of rotatable bonds is 5. The van der Waals surface area contributed by atoms with Crippen molar-refractivity contribution in [2.75, 3.05) is 11.5 Å². The highest BCUT2D eigenvalue weighted by Gasteiger charge is 2.38. The lowest BCUT2D eigenvalue weighted by Crippen LogP contribution is -2.25. The first-order valence-corrected chi connectivity index (χ1v) is 11.0. The molecule has 3 rings (SSSR count). The smallest absolute Gasteiger partial charge is 0.251 e. The zero-order valence-electron chi connectivity index (χ0n) is 13.2. The Morgan fingerprint density at radius 1 is 1.24 bits per heavy atom. The second-order valence-corrected chi connectivity index (χ2v) is 10.3. The molecule has 1 aliphatic heterocycles. The lowest BCUT2D eigenvalue weighted by Gasteiger charge is -2.11. The molecule has 1 aromatic carbocycles. The first-order chi connectivity index (χ1) is 11.8. The van der Waals surface area contributed by atoms with Crippen LogP contribution in [0, 0.1) is 0 Å². The Labute approximate surface area is 145 Å². The molecule has 1 amide bonds. The van der Waals surface area contributed by atoms with Crippen LogP contribution in [0.4, 0.5) is 0 Å². The summed E-state index contributed by atoms with van der Waals surface area (Å²) < 4.78 is 53.5. The summed E-state index contributed by atoms with van der Waals surface area (Å²) in [5.74, 6) is -0.356. The number of hydrogen-bond donors (Lipinski definition) is 1. The van der Waals surface area contributed by atoms with E-state index in [9.17, 15) is 21.6 Å². The van der Waals surface area contributed by atoms with Crippen molar-refractivity contribution in [2.45, 2.75) is 23.1 Å². The van der Waals surface area contributed by atoms with Crippen molar-refractivity contribution in [1.82, 2.24) is 5.32 Å². The van der Waals surface area contributed by atoms with Gasteiger partial charge in [0.1, 0.15) is 5.76 Å². The zero-order chi connectivity index (χ0) is 18.1. The van der Waals surface area contributed by atoms with Crippen LogP contribution in [-0.2, 0) is 26.2 Å². The molecule has 0 radical (unpaired) electrons. The Morgan fingerprint density at radius 2 is 2.04 bits per heavy atom. The Kier molecular flexibility index (Phi) is 4.70. The van der Waals surface area contributed by atoms with Crippen LogP contribution < -0.4 is 5.32 Å². The molecule has 1 atom stereocenters. The average Bonchev–Trinajstić information content (AvgIpc) is 3.22. The first kappa shape index (κ1) is 17.7. The van der Waals surface area contributed by atoms with E-state index in [1.54, 1.807) is 12.1 Å². The van der Waals surface area contributed by atoms with E-state index >= 15 is 0 Å². The molecule has 9 heteroatoms. The van der Waals surface area contributed by atoms with Gasteiger partial charge in [-0.05, 0) is 36.8 Å². The molecule has 134 valence electrons. The van der Waals surface area contributed by atoms with Crippen LogP contribution in [0.25, 0.3) is 0 Å². The fraction of sp³-hybridized carbons (Fsp3) is 0.312. The molecule has 1 unspecified atom stereocenters. The van der Waals surface area contributed by atoms with E-state index in [4.69, 9.17) is 4.42 Å². The molecule has 2 aromatic rings. The van der Waals surface area contributed by atoms with Gasteiger partial charge in [-0.15, -0.1) is 0 Å². The van der Waals surface area contributed by atoms with Crippen molar-refractivity contribution >= 4 is 25.6 Å². The fourth-order valence-electron chi connectivity index (χ4n) is 2.70. The third kappa shape index (κ3) is 3.93. The quantitative estimate of drug-likeness (QED) is 0.830. The fourth-order valence-corrected chi connectivity index (χ4v) is 7.10. The normalized spacial score (nSPS) is 19.6. The molecule has 1 saturated heterocycles. The molecule has 25 heavy (non-hydrogen) atoms. The van der Waals surface area contributed by atoms with E-state index in [1.165, 1.54) is 30.5 Å².